The van der Waals surface area contributed by atoms with Gasteiger partial charge in [-0.15, -0.1) is 10.2 Å². The predicted octanol–water partition coefficient (Wildman–Crippen LogP) is 0.248. The first-order valence-electron chi connectivity index (χ1n) is 4.71. The average Bonchev–Trinajstić information content (AvgIpc) is 2.87. The summed E-state index contributed by atoms with van der Waals surface area (Å²) in [7, 11) is 0. The van der Waals surface area contributed by atoms with E-state index in [4.69, 9.17) is 10.3 Å². The van der Waals surface area contributed by atoms with E-state index in [9.17, 15) is 14.9 Å². The van der Waals surface area contributed by atoms with Gasteiger partial charge in [0.15, 0.2) is 0 Å². The lowest BCUT2D eigenvalue weighted by atomic mass is 10.2. The van der Waals surface area contributed by atoms with E-state index in [1.54, 1.807) is 6.07 Å². The SMILES string of the molecule is NNC(=O)c1nnc(-c2ccccc2[N+](=O)[O-])o1. The van der Waals surface area contributed by atoms with E-state index in [2.05, 4.69) is 10.2 Å². The van der Waals surface area contributed by atoms with Gasteiger partial charge in [-0.25, -0.2) is 5.84 Å². The summed E-state index contributed by atoms with van der Waals surface area (Å²) in [6, 6.07) is 5.82. The molecule has 0 bridgehead atoms. The highest BCUT2D eigenvalue weighted by molar-refractivity contribution is 5.89. The molecule has 0 radical (unpaired) electrons. The van der Waals surface area contributed by atoms with Crippen molar-refractivity contribution in [3.05, 3.63) is 40.3 Å². The quantitative estimate of drug-likeness (QED) is 0.344. The molecule has 2 rings (SSSR count). The van der Waals surface area contributed by atoms with E-state index in [-0.39, 0.29) is 23.0 Å². The van der Waals surface area contributed by atoms with Gasteiger partial charge in [0.1, 0.15) is 5.56 Å². The topological polar surface area (TPSA) is 137 Å². The molecule has 1 aromatic heterocycles. The molecule has 1 amide bonds. The van der Waals surface area contributed by atoms with Crippen LogP contribution in [-0.2, 0) is 0 Å². The fraction of sp³-hybridized carbons (Fsp3) is 0. The zero-order chi connectivity index (χ0) is 13.1. The van der Waals surface area contributed by atoms with Crippen molar-refractivity contribution < 1.29 is 14.1 Å². The molecule has 0 atom stereocenters. The molecule has 0 unspecified atom stereocenters. The third kappa shape index (κ3) is 2.01. The molecule has 92 valence electrons. The lowest BCUT2D eigenvalue weighted by Crippen LogP contribution is -2.30. The Bertz CT molecular complexity index is 609. The zero-order valence-corrected chi connectivity index (χ0v) is 8.86. The Balaban J connectivity index is 2.46. The van der Waals surface area contributed by atoms with Crippen LogP contribution in [0.25, 0.3) is 11.5 Å². The molecule has 1 aromatic carbocycles. The van der Waals surface area contributed by atoms with Gasteiger partial charge in [0, 0.05) is 6.07 Å². The third-order valence-electron chi connectivity index (χ3n) is 2.08. The molecule has 0 fully saturated rings. The summed E-state index contributed by atoms with van der Waals surface area (Å²) in [5.74, 6) is 3.63. The number of nitrogens with one attached hydrogen (secondary N) is 1. The van der Waals surface area contributed by atoms with Crippen LogP contribution in [-0.4, -0.2) is 21.0 Å². The molecular weight excluding hydrogens is 242 g/mol. The van der Waals surface area contributed by atoms with E-state index in [0.29, 0.717) is 0 Å². The number of hydrazine groups is 1. The number of hydrogen-bond donors (Lipinski definition) is 2. The number of carbonyl (C=O) groups is 1. The van der Waals surface area contributed by atoms with Crippen molar-refractivity contribution >= 4 is 11.6 Å². The van der Waals surface area contributed by atoms with Crippen LogP contribution < -0.4 is 11.3 Å². The molecule has 0 aliphatic carbocycles. The first kappa shape index (κ1) is 11.7. The average molecular weight is 249 g/mol. The number of benzene rings is 1. The van der Waals surface area contributed by atoms with Crippen molar-refractivity contribution in [3.63, 3.8) is 0 Å². The summed E-state index contributed by atoms with van der Waals surface area (Å²) in [5.41, 5.74) is 1.75. The van der Waals surface area contributed by atoms with Crippen molar-refractivity contribution in [3.8, 4) is 11.5 Å². The summed E-state index contributed by atoms with van der Waals surface area (Å²) in [5, 5.41) is 17.8. The van der Waals surface area contributed by atoms with Gasteiger partial charge < -0.3 is 4.42 Å². The first-order chi connectivity index (χ1) is 8.63. The van der Waals surface area contributed by atoms with Gasteiger partial charge in [-0.05, 0) is 6.07 Å². The number of nitro groups is 1. The van der Waals surface area contributed by atoms with Crippen LogP contribution in [0.1, 0.15) is 10.7 Å². The maximum Gasteiger partial charge on any atom is 0.322 e. The van der Waals surface area contributed by atoms with Gasteiger partial charge in [0.05, 0.1) is 4.92 Å². The van der Waals surface area contributed by atoms with Gasteiger partial charge in [0.2, 0.25) is 0 Å². The largest absolute Gasteiger partial charge is 0.412 e. The number of para-hydroxylation sites is 1. The number of nitrogens with zero attached hydrogens (tertiary/aromatic N) is 3. The third-order valence-corrected chi connectivity index (χ3v) is 2.08. The first-order valence-corrected chi connectivity index (χ1v) is 4.71. The Morgan fingerprint density at radius 3 is 2.78 bits per heavy atom. The monoisotopic (exact) mass is 249 g/mol. The lowest BCUT2D eigenvalue weighted by Gasteiger charge is -1.96. The van der Waals surface area contributed by atoms with Gasteiger partial charge in [-0.3, -0.25) is 20.3 Å². The summed E-state index contributed by atoms with van der Waals surface area (Å²) >= 11 is 0. The van der Waals surface area contributed by atoms with Crippen LogP contribution in [0.3, 0.4) is 0 Å². The number of nitrogen functional groups attached to an aromatic ring is 1. The highest BCUT2D eigenvalue weighted by Crippen LogP contribution is 2.28. The summed E-state index contributed by atoms with van der Waals surface area (Å²) in [6.45, 7) is 0. The molecule has 2 aromatic rings. The number of rotatable bonds is 3. The second-order valence-corrected chi connectivity index (χ2v) is 3.16. The van der Waals surface area contributed by atoms with Crippen molar-refractivity contribution in [2.45, 2.75) is 0 Å². The number of aromatic nitrogens is 2. The second kappa shape index (κ2) is 4.59. The van der Waals surface area contributed by atoms with Crippen LogP contribution in [0.5, 0.6) is 0 Å². The zero-order valence-electron chi connectivity index (χ0n) is 8.86. The lowest BCUT2D eigenvalue weighted by molar-refractivity contribution is -0.384. The van der Waals surface area contributed by atoms with Crippen LogP contribution in [0.4, 0.5) is 5.69 Å². The number of hydrogen-bond acceptors (Lipinski definition) is 7. The molecule has 9 heteroatoms. The molecule has 0 spiro atoms. The molecule has 0 saturated carbocycles. The van der Waals surface area contributed by atoms with Crippen LogP contribution >= 0.6 is 0 Å². The van der Waals surface area contributed by atoms with E-state index in [1.165, 1.54) is 18.2 Å². The maximum atomic E-state index is 11.1. The second-order valence-electron chi connectivity index (χ2n) is 3.16. The minimum absolute atomic E-state index is 0.124. The summed E-state index contributed by atoms with van der Waals surface area (Å²) in [4.78, 5) is 21.3. The Labute approximate surface area is 99.7 Å². The minimum Gasteiger partial charge on any atom is -0.412 e. The van der Waals surface area contributed by atoms with Crippen molar-refractivity contribution in [1.29, 1.82) is 0 Å². The highest BCUT2D eigenvalue weighted by atomic mass is 16.6. The number of amides is 1. The minimum atomic E-state index is -0.771. The fourth-order valence-corrected chi connectivity index (χ4v) is 1.30. The summed E-state index contributed by atoms with van der Waals surface area (Å²) < 4.78 is 4.99. The number of nitrogens with two attached hydrogens (primary N) is 1. The maximum absolute atomic E-state index is 11.1. The predicted molar refractivity (Wildman–Crippen MR) is 58.0 cm³/mol. The van der Waals surface area contributed by atoms with E-state index < -0.39 is 10.8 Å². The highest BCUT2D eigenvalue weighted by Gasteiger charge is 2.21. The fourth-order valence-electron chi connectivity index (χ4n) is 1.30. The normalized spacial score (nSPS) is 10.1. The Morgan fingerprint density at radius 2 is 2.11 bits per heavy atom. The molecule has 0 aliphatic heterocycles. The smallest absolute Gasteiger partial charge is 0.322 e. The standard InChI is InChI=1S/C9H7N5O4/c10-11-7(15)9-13-12-8(18-9)5-3-1-2-4-6(5)14(16)17/h1-4H,10H2,(H,11,15). The van der Waals surface area contributed by atoms with Gasteiger partial charge in [0.25, 0.3) is 11.6 Å². The van der Waals surface area contributed by atoms with Gasteiger partial charge >= 0.3 is 11.8 Å². The van der Waals surface area contributed by atoms with Crippen molar-refractivity contribution in [2.75, 3.05) is 0 Å². The Hall–Kier alpha value is -2.81. The van der Waals surface area contributed by atoms with Crippen LogP contribution in [0, 0.1) is 10.1 Å². The Morgan fingerprint density at radius 1 is 1.39 bits per heavy atom. The molecule has 18 heavy (non-hydrogen) atoms. The van der Waals surface area contributed by atoms with E-state index >= 15 is 0 Å². The number of nitro benzene ring substituents is 1. The number of carbonyl (C=O) groups excluding carboxylic acids is 1. The van der Waals surface area contributed by atoms with Crippen LogP contribution in [0.15, 0.2) is 28.7 Å². The molecule has 3 N–H and O–H groups in total. The summed E-state index contributed by atoms with van der Waals surface area (Å²) in [6.07, 6.45) is 0. The molecule has 0 aliphatic rings. The molecule has 0 saturated heterocycles. The molecular formula is C9H7N5O4. The van der Waals surface area contributed by atoms with E-state index in [1.807, 2.05) is 5.43 Å². The molecule has 1 heterocycles. The van der Waals surface area contributed by atoms with E-state index in [0.717, 1.165) is 0 Å². The van der Waals surface area contributed by atoms with Gasteiger partial charge in [-0.1, -0.05) is 12.1 Å². The Kier molecular flexibility index (Phi) is 2.98. The molecule has 9 nitrogen and oxygen atoms in total. The van der Waals surface area contributed by atoms with Crippen LogP contribution in [0.2, 0.25) is 0 Å². The van der Waals surface area contributed by atoms with Gasteiger partial charge in [-0.2, -0.15) is 0 Å². The van der Waals surface area contributed by atoms with Crippen molar-refractivity contribution in [1.82, 2.24) is 15.6 Å². The van der Waals surface area contributed by atoms with Crippen molar-refractivity contribution in [2.24, 2.45) is 5.84 Å².